The fourth-order valence-electron chi connectivity index (χ4n) is 1.98. The third kappa shape index (κ3) is 2.96. The van der Waals surface area contributed by atoms with E-state index >= 15 is 0 Å². The van der Waals surface area contributed by atoms with E-state index in [9.17, 15) is 4.39 Å². The Hall–Kier alpha value is -1.81. The lowest BCUT2D eigenvalue weighted by Crippen LogP contribution is -2.05. The first-order chi connectivity index (χ1) is 9.31. The molecule has 0 aliphatic rings. The Labute approximate surface area is 115 Å². The molecule has 1 aromatic heterocycles. The van der Waals surface area contributed by atoms with Gasteiger partial charge in [-0.3, -0.25) is 0 Å². The summed E-state index contributed by atoms with van der Waals surface area (Å²) in [6.45, 7) is 0. The molecule has 0 bridgehead atoms. The van der Waals surface area contributed by atoms with Gasteiger partial charge in [0.25, 0.3) is 5.82 Å². The second-order valence-corrected chi connectivity index (χ2v) is 5.38. The van der Waals surface area contributed by atoms with Crippen molar-refractivity contribution in [3.63, 3.8) is 0 Å². The number of thioether (sulfide) groups is 1. The Bertz CT molecular complexity index is 643. The number of hydrogen-bond donors (Lipinski definition) is 1. The van der Waals surface area contributed by atoms with Crippen LogP contribution in [0, 0.1) is 5.82 Å². The highest BCUT2D eigenvalue weighted by Crippen LogP contribution is 2.17. The molecule has 0 spiro atoms. The summed E-state index contributed by atoms with van der Waals surface area (Å²) in [5.74, 6) is 2.68. The van der Waals surface area contributed by atoms with Crippen LogP contribution in [0.3, 0.4) is 0 Å². The minimum Gasteiger partial charge on any atom is -0.240 e. The van der Waals surface area contributed by atoms with Gasteiger partial charge in [0.1, 0.15) is 5.82 Å². The SMILES string of the molecule is Fc1ccc(CSCc2[nH]c3ccccc3[nH+]2)cc1. The van der Waals surface area contributed by atoms with Crippen LogP contribution in [0.15, 0.2) is 48.5 Å². The van der Waals surface area contributed by atoms with E-state index in [0.29, 0.717) is 0 Å². The van der Waals surface area contributed by atoms with E-state index in [2.05, 4.69) is 22.1 Å². The monoisotopic (exact) mass is 273 g/mol. The molecule has 2 aromatic carbocycles. The van der Waals surface area contributed by atoms with Crippen LogP contribution in [-0.2, 0) is 11.5 Å². The zero-order valence-corrected chi connectivity index (χ0v) is 11.1. The number of fused-ring (bicyclic) bond motifs is 1. The smallest absolute Gasteiger partial charge is 0.240 e. The number of aromatic nitrogens is 2. The molecule has 0 atom stereocenters. The highest BCUT2D eigenvalue weighted by molar-refractivity contribution is 7.97. The van der Waals surface area contributed by atoms with Gasteiger partial charge in [0.05, 0.1) is 5.75 Å². The van der Waals surface area contributed by atoms with E-state index in [1.165, 1.54) is 12.1 Å². The van der Waals surface area contributed by atoms with Crippen molar-refractivity contribution in [1.29, 1.82) is 0 Å². The molecule has 0 aliphatic heterocycles. The molecule has 0 saturated heterocycles. The molecule has 0 fully saturated rings. The summed E-state index contributed by atoms with van der Waals surface area (Å²) in [6, 6.07) is 14.8. The zero-order valence-electron chi connectivity index (χ0n) is 10.3. The van der Waals surface area contributed by atoms with E-state index in [4.69, 9.17) is 0 Å². The second-order valence-electron chi connectivity index (χ2n) is 4.39. The first-order valence-electron chi connectivity index (χ1n) is 6.12. The van der Waals surface area contributed by atoms with Gasteiger partial charge in [0.15, 0.2) is 11.0 Å². The highest BCUT2D eigenvalue weighted by Gasteiger charge is 2.08. The molecule has 3 rings (SSSR count). The van der Waals surface area contributed by atoms with Crippen LogP contribution in [0.25, 0.3) is 11.0 Å². The number of benzene rings is 2. The van der Waals surface area contributed by atoms with Crippen molar-refractivity contribution >= 4 is 22.8 Å². The first kappa shape index (κ1) is 12.2. The van der Waals surface area contributed by atoms with Gasteiger partial charge in [-0.05, 0) is 29.8 Å². The quantitative estimate of drug-likeness (QED) is 0.774. The lowest BCUT2D eigenvalue weighted by atomic mass is 10.2. The van der Waals surface area contributed by atoms with Crippen LogP contribution in [0.4, 0.5) is 4.39 Å². The summed E-state index contributed by atoms with van der Waals surface area (Å²) in [4.78, 5) is 6.71. The number of para-hydroxylation sites is 2. The normalized spacial score (nSPS) is 11.0. The lowest BCUT2D eigenvalue weighted by molar-refractivity contribution is -0.355. The maximum atomic E-state index is 12.8. The van der Waals surface area contributed by atoms with E-state index in [1.54, 1.807) is 11.8 Å². The molecule has 0 unspecified atom stereocenters. The minimum atomic E-state index is -0.183. The van der Waals surface area contributed by atoms with E-state index in [1.807, 2.05) is 24.3 Å². The number of rotatable bonds is 4. The molecule has 2 N–H and O–H groups in total. The number of hydrogen-bond acceptors (Lipinski definition) is 1. The molecule has 4 heteroatoms. The molecule has 0 amide bonds. The Morgan fingerprint density at radius 2 is 1.79 bits per heavy atom. The highest BCUT2D eigenvalue weighted by atomic mass is 32.2. The Morgan fingerprint density at radius 1 is 1.00 bits per heavy atom. The lowest BCUT2D eigenvalue weighted by Gasteiger charge is -1.98. The molecular formula is C15H14FN2S+. The molecule has 0 aliphatic carbocycles. The molecule has 19 heavy (non-hydrogen) atoms. The molecule has 3 aromatic rings. The number of aromatic amines is 2. The standard InChI is InChI=1S/C15H13FN2S/c16-12-7-5-11(6-8-12)9-19-10-15-17-13-3-1-2-4-14(13)18-15/h1-8H,9-10H2,(H,17,18)/p+1. The van der Waals surface area contributed by atoms with Crippen molar-refractivity contribution in [3.05, 3.63) is 65.7 Å². The van der Waals surface area contributed by atoms with Gasteiger partial charge in [-0.25, -0.2) is 14.4 Å². The molecule has 96 valence electrons. The van der Waals surface area contributed by atoms with Crippen molar-refractivity contribution < 1.29 is 9.37 Å². The van der Waals surface area contributed by atoms with Crippen LogP contribution >= 0.6 is 11.8 Å². The minimum absolute atomic E-state index is 0.183. The van der Waals surface area contributed by atoms with E-state index < -0.39 is 0 Å². The molecular weight excluding hydrogens is 259 g/mol. The summed E-state index contributed by atoms with van der Waals surface area (Å²) >= 11 is 1.80. The van der Waals surface area contributed by atoms with Crippen molar-refractivity contribution in [2.45, 2.75) is 11.5 Å². The van der Waals surface area contributed by atoms with Gasteiger partial charge < -0.3 is 0 Å². The largest absolute Gasteiger partial charge is 0.263 e. The van der Waals surface area contributed by atoms with Crippen LogP contribution in [0.1, 0.15) is 11.4 Å². The average Bonchev–Trinajstić information content (AvgIpc) is 2.83. The topological polar surface area (TPSA) is 29.9 Å². The predicted octanol–water partition coefficient (Wildman–Crippen LogP) is 3.55. The fraction of sp³-hybridized carbons (Fsp3) is 0.133. The summed E-state index contributed by atoms with van der Waals surface area (Å²) < 4.78 is 12.8. The van der Waals surface area contributed by atoms with Crippen LogP contribution in [-0.4, -0.2) is 4.98 Å². The average molecular weight is 273 g/mol. The Morgan fingerprint density at radius 3 is 2.58 bits per heavy atom. The molecule has 0 radical (unpaired) electrons. The Kier molecular flexibility index (Phi) is 3.51. The van der Waals surface area contributed by atoms with Crippen LogP contribution < -0.4 is 4.98 Å². The van der Waals surface area contributed by atoms with E-state index in [0.717, 1.165) is 33.9 Å². The number of halogens is 1. The molecule has 0 saturated carbocycles. The first-order valence-corrected chi connectivity index (χ1v) is 7.28. The fourth-order valence-corrected chi connectivity index (χ4v) is 2.86. The maximum absolute atomic E-state index is 12.8. The summed E-state index contributed by atoms with van der Waals surface area (Å²) in [5, 5.41) is 0. The van der Waals surface area contributed by atoms with Crippen LogP contribution in [0.2, 0.25) is 0 Å². The summed E-state index contributed by atoms with van der Waals surface area (Å²) in [5.41, 5.74) is 3.39. The van der Waals surface area contributed by atoms with Crippen molar-refractivity contribution in [3.8, 4) is 0 Å². The van der Waals surface area contributed by atoms with Gasteiger partial charge in [0.2, 0.25) is 0 Å². The van der Waals surface area contributed by atoms with Gasteiger partial charge in [-0.1, -0.05) is 24.3 Å². The second kappa shape index (κ2) is 5.45. The van der Waals surface area contributed by atoms with Crippen molar-refractivity contribution in [2.24, 2.45) is 0 Å². The summed E-state index contributed by atoms with van der Waals surface area (Å²) in [6.07, 6.45) is 0. The van der Waals surface area contributed by atoms with Crippen molar-refractivity contribution in [1.82, 2.24) is 4.98 Å². The maximum Gasteiger partial charge on any atom is 0.263 e. The van der Waals surface area contributed by atoms with Crippen LogP contribution in [0.5, 0.6) is 0 Å². The molecule has 1 heterocycles. The number of H-pyrrole nitrogens is 2. The zero-order chi connectivity index (χ0) is 13.1. The Balaban J connectivity index is 1.61. The molecule has 2 nitrogen and oxygen atoms in total. The van der Waals surface area contributed by atoms with Gasteiger partial charge in [-0.15, -0.1) is 11.8 Å². The third-order valence-electron chi connectivity index (χ3n) is 2.93. The van der Waals surface area contributed by atoms with Gasteiger partial charge in [0, 0.05) is 5.75 Å². The number of nitrogens with one attached hydrogen (secondary N) is 2. The number of imidazole rings is 1. The summed E-state index contributed by atoms with van der Waals surface area (Å²) in [7, 11) is 0. The van der Waals surface area contributed by atoms with Gasteiger partial charge >= 0.3 is 0 Å². The predicted molar refractivity (Wildman–Crippen MR) is 76.3 cm³/mol. The van der Waals surface area contributed by atoms with Crippen molar-refractivity contribution in [2.75, 3.05) is 0 Å². The van der Waals surface area contributed by atoms with E-state index in [-0.39, 0.29) is 5.82 Å². The van der Waals surface area contributed by atoms with Gasteiger partial charge in [-0.2, -0.15) is 0 Å². The third-order valence-corrected chi connectivity index (χ3v) is 3.96.